The molecule has 0 bridgehead atoms. The lowest BCUT2D eigenvalue weighted by Crippen LogP contribution is -2.16. The van der Waals surface area contributed by atoms with Crippen LogP contribution >= 0.6 is 0 Å². The number of aromatic hydroxyl groups is 2. The summed E-state index contributed by atoms with van der Waals surface area (Å²) in [6, 6.07) is 7.39. The van der Waals surface area contributed by atoms with Gasteiger partial charge in [0.15, 0.2) is 17.3 Å². The molecule has 136 valence electrons. The monoisotopic (exact) mass is 365 g/mol. The number of carbonyl (C=O) groups excluding carboxylic acids is 2. The highest BCUT2D eigenvalue weighted by Gasteiger charge is 2.13. The van der Waals surface area contributed by atoms with Gasteiger partial charge in [0, 0.05) is 18.6 Å². The number of nitrogens with zero attached hydrogens (tertiary/aromatic N) is 3. The molecule has 4 N–H and O–H groups in total. The molecule has 2 amide bonds. The molecule has 0 radical (unpaired) electrons. The van der Waals surface area contributed by atoms with Crippen LogP contribution in [-0.2, 0) is 11.2 Å². The first kappa shape index (κ1) is 17.8. The van der Waals surface area contributed by atoms with Crippen molar-refractivity contribution >= 4 is 23.3 Å². The topological polar surface area (TPSA) is 137 Å². The van der Waals surface area contributed by atoms with Crippen molar-refractivity contribution in [3.63, 3.8) is 0 Å². The van der Waals surface area contributed by atoms with E-state index in [1.807, 2.05) is 0 Å². The van der Waals surface area contributed by atoms with Crippen molar-refractivity contribution in [3.05, 3.63) is 66.4 Å². The molecule has 0 saturated heterocycles. The van der Waals surface area contributed by atoms with Crippen LogP contribution < -0.4 is 10.6 Å². The average molecular weight is 365 g/mol. The molecule has 3 aromatic rings. The van der Waals surface area contributed by atoms with Crippen molar-refractivity contribution < 1.29 is 19.8 Å². The predicted molar refractivity (Wildman–Crippen MR) is 96.3 cm³/mol. The fraction of sp³-hybridized carbons (Fsp3) is 0.0556. The summed E-state index contributed by atoms with van der Waals surface area (Å²) < 4.78 is 0. The molecule has 0 aliphatic rings. The van der Waals surface area contributed by atoms with E-state index in [0.29, 0.717) is 11.3 Å². The van der Waals surface area contributed by atoms with Gasteiger partial charge in [-0.25, -0.2) is 9.97 Å². The number of aromatic nitrogens is 3. The number of hydrogen-bond donors (Lipinski definition) is 4. The van der Waals surface area contributed by atoms with Gasteiger partial charge in [0.05, 0.1) is 18.3 Å². The highest BCUT2D eigenvalue weighted by atomic mass is 16.3. The third kappa shape index (κ3) is 4.54. The summed E-state index contributed by atoms with van der Waals surface area (Å²) in [5.41, 5.74) is 0.758. The molecule has 9 heteroatoms. The minimum absolute atomic E-state index is 0.0401. The van der Waals surface area contributed by atoms with Gasteiger partial charge in [-0.15, -0.1) is 0 Å². The largest absolute Gasteiger partial charge is 0.505 e. The van der Waals surface area contributed by atoms with Gasteiger partial charge in [-0.05, 0) is 35.9 Å². The Morgan fingerprint density at radius 2 is 1.70 bits per heavy atom. The van der Waals surface area contributed by atoms with Crippen LogP contribution in [0.3, 0.4) is 0 Å². The molecule has 0 atom stereocenters. The predicted octanol–water partition coefficient (Wildman–Crippen LogP) is 1.72. The second kappa shape index (κ2) is 7.91. The van der Waals surface area contributed by atoms with Crippen LogP contribution in [0.25, 0.3) is 0 Å². The molecule has 0 unspecified atom stereocenters. The highest BCUT2D eigenvalue weighted by Crippen LogP contribution is 2.19. The Balaban J connectivity index is 1.67. The van der Waals surface area contributed by atoms with Crippen molar-refractivity contribution in [2.75, 3.05) is 10.6 Å². The van der Waals surface area contributed by atoms with E-state index < -0.39 is 11.8 Å². The van der Waals surface area contributed by atoms with Gasteiger partial charge < -0.3 is 20.8 Å². The normalized spacial score (nSPS) is 10.2. The van der Waals surface area contributed by atoms with E-state index in [2.05, 4.69) is 25.6 Å². The SMILES string of the molecule is O=C(Cc1cncc(NC(=O)c2ncccc2O)c1)Nc1ncccc1O. The fourth-order valence-corrected chi connectivity index (χ4v) is 2.27. The molecule has 3 rings (SSSR count). The summed E-state index contributed by atoms with van der Waals surface area (Å²) in [6.07, 6.45) is 5.68. The van der Waals surface area contributed by atoms with Crippen LogP contribution in [0.5, 0.6) is 11.5 Å². The van der Waals surface area contributed by atoms with Crippen LogP contribution in [0.1, 0.15) is 16.1 Å². The van der Waals surface area contributed by atoms with Gasteiger partial charge in [-0.2, -0.15) is 0 Å². The third-order valence-corrected chi connectivity index (χ3v) is 3.46. The number of hydrogen-bond acceptors (Lipinski definition) is 7. The van der Waals surface area contributed by atoms with Gasteiger partial charge in [-0.1, -0.05) is 0 Å². The van der Waals surface area contributed by atoms with E-state index in [0.717, 1.165) is 0 Å². The zero-order chi connectivity index (χ0) is 19.2. The Morgan fingerprint density at radius 1 is 0.963 bits per heavy atom. The van der Waals surface area contributed by atoms with Crippen molar-refractivity contribution in [1.29, 1.82) is 0 Å². The van der Waals surface area contributed by atoms with Crippen molar-refractivity contribution in [2.24, 2.45) is 0 Å². The molecule has 0 aromatic carbocycles. The second-order valence-corrected chi connectivity index (χ2v) is 5.50. The number of carbonyl (C=O) groups is 2. The highest BCUT2D eigenvalue weighted by molar-refractivity contribution is 6.04. The molecule has 0 saturated carbocycles. The van der Waals surface area contributed by atoms with Crippen LogP contribution in [0.15, 0.2) is 55.1 Å². The molecule has 27 heavy (non-hydrogen) atoms. The third-order valence-electron chi connectivity index (χ3n) is 3.46. The lowest BCUT2D eigenvalue weighted by molar-refractivity contribution is -0.115. The van der Waals surface area contributed by atoms with Crippen molar-refractivity contribution in [2.45, 2.75) is 6.42 Å². The Labute approximate surface area is 153 Å². The lowest BCUT2D eigenvalue weighted by Gasteiger charge is -2.08. The summed E-state index contributed by atoms with van der Waals surface area (Å²) in [7, 11) is 0. The molecule has 9 nitrogen and oxygen atoms in total. The minimum Gasteiger partial charge on any atom is -0.505 e. The Hall–Kier alpha value is -4.01. The number of nitrogens with one attached hydrogen (secondary N) is 2. The smallest absolute Gasteiger partial charge is 0.278 e. The molecule has 3 aromatic heterocycles. The maximum Gasteiger partial charge on any atom is 0.278 e. The van der Waals surface area contributed by atoms with Crippen LogP contribution in [0.2, 0.25) is 0 Å². The Bertz CT molecular complexity index is 993. The standard InChI is InChI=1S/C18H15N5O4/c24-13-3-1-5-20-16(13)18(27)22-12-7-11(9-19-10-12)8-15(26)23-17-14(25)4-2-6-21-17/h1-7,9-10,24-25H,8H2,(H,22,27)(H,21,23,26). The summed E-state index contributed by atoms with van der Waals surface area (Å²) in [5, 5.41) is 24.4. The zero-order valence-electron chi connectivity index (χ0n) is 14.0. The average Bonchev–Trinajstić information content (AvgIpc) is 2.64. The minimum atomic E-state index is -0.602. The number of rotatable bonds is 5. The van der Waals surface area contributed by atoms with Gasteiger partial charge >= 0.3 is 0 Å². The molecule has 0 aliphatic heterocycles. The summed E-state index contributed by atoms with van der Waals surface area (Å²) in [6.45, 7) is 0. The lowest BCUT2D eigenvalue weighted by atomic mass is 10.2. The molecule has 3 heterocycles. The molecule has 0 aliphatic carbocycles. The maximum absolute atomic E-state index is 12.2. The summed E-state index contributed by atoms with van der Waals surface area (Å²) >= 11 is 0. The van der Waals surface area contributed by atoms with E-state index in [9.17, 15) is 19.8 Å². The Kier molecular flexibility index (Phi) is 5.22. The number of pyridine rings is 3. The van der Waals surface area contributed by atoms with Gasteiger partial charge in [0.1, 0.15) is 5.75 Å². The first-order chi connectivity index (χ1) is 13.0. The van der Waals surface area contributed by atoms with E-state index in [-0.39, 0.29) is 29.4 Å². The first-order valence-electron chi connectivity index (χ1n) is 7.86. The second-order valence-electron chi connectivity index (χ2n) is 5.50. The van der Waals surface area contributed by atoms with Crippen LogP contribution in [0.4, 0.5) is 11.5 Å². The van der Waals surface area contributed by atoms with Crippen LogP contribution in [-0.4, -0.2) is 37.0 Å². The molecule has 0 spiro atoms. The summed E-state index contributed by atoms with van der Waals surface area (Å²) in [4.78, 5) is 36.0. The van der Waals surface area contributed by atoms with E-state index >= 15 is 0 Å². The van der Waals surface area contributed by atoms with E-state index in [4.69, 9.17) is 0 Å². The first-order valence-corrected chi connectivity index (χ1v) is 7.86. The van der Waals surface area contributed by atoms with Crippen molar-refractivity contribution in [1.82, 2.24) is 15.0 Å². The quantitative estimate of drug-likeness (QED) is 0.540. The Morgan fingerprint density at radius 3 is 2.44 bits per heavy atom. The van der Waals surface area contributed by atoms with Gasteiger partial charge in [0.2, 0.25) is 5.91 Å². The molecule has 0 fully saturated rings. The number of anilines is 2. The van der Waals surface area contributed by atoms with E-state index in [1.165, 1.54) is 43.0 Å². The van der Waals surface area contributed by atoms with Gasteiger partial charge in [0.25, 0.3) is 5.91 Å². The van der Waals surface area contributed by atoms with Crippen molar-refractivity contribution in [3.8, 4) is 11.5 Å². The fourth-order valence-electron chi connectivity index (χ4n) is 2.27. The maximum atomic E-state index is 12.2. The molecular weight excluding hydrogens is 350 g/mol. The number of amides is 2. The zero-order valence-corrected chi connectivity index (χ0v) is 14.0. The summed E-state index contributed by atoms with van der Waals surface area (Å²) in [5.74, 6) is -1.33. The van der Waals surface area contributed by atoms with Gasteiger partial charge in [-0.3, -0.25) is 14.6 Å². The van der Waals surface area contributed by atoms with E-state index in [1.54, 1.807) is 12.1 Å². The molecular formula is C18H15N5O4. The van der Waals surface area contributed by atoms with Crippen LogP contribution in [0, 0.1) is 0 Å².